The maximum atomic E-state index is 14.9. The summed E-state index contributed by atoms with van der Waals surface area (Å²) >= 11 is 0. The van der Waals surface area contributed by atoms with E-state index >= 15 is 0 Å². The lowest BCUT2D eigenvalue weighted by molar-refractivity contribution is -0.110. The van der Waals surface area contributed by atoms with Gasteiger partial charge in [-0.05, 0) is 55.6 Å². The molecule has 3 fully saturated rings. The summed E-state index contributed by atoms with van der Waals surface area (Å²) in [7, 11) is 1.55. The summed E-state index contributed by atoms with van der Waals surface area (Å²) in [6, 6.07) is 1.83. The number of carbonyl (C=O) groups is 2. The molecule has 182 valence electrons. The number of alkyl halides is 2. The Bertz CT molecular complexity index is 904. The fourth-order valence-corrected chi connectivity index (χ4v) is 5.26. The van der Waals surface area contributed by atoms with Crippen LogP contribution in [0, 0.1) is 23.1 Å². The molecule has 1 N–H and O–H groups in total. The highest BCUT2D eigenvalue weighted by molar-refractivity contribution is 5.96. The van der Waals surface area contributed by atoms with Crippen LogP contribution in [0.2, 0.25) is 0 Å². The van der Waals surface area contributed by atoms with Crippen molar-refractivity contribution in [3.8, 4) is 5.75 Å². The van der Waals surface area contributed by atoms with E-state index in [1.807, 2.05) is 6.92 Å². The van der Waals surface area contributed by atoms with Crippen molar-refractivity contribution in [3.63, 3.8) is 0 Å². The van der Waals surface area contributed by atoms with Gasteiger partial charge in [0.15, 0.2) is 0 Å². The van der Waals surface area contributed by atoms with Crippen LogP contribution in [-0.4, -0.2) is 44.5 Å². The molecule has 8 heteroatoms. The summed E-state index contributed by atoms with van der Waals surface area (Å²) in [5, 5.41) is 2.60. The number of halogens is 3. The second-order valence-electron chi connectivity index (χ2n) is 9.90. The molecular formula is C25H32F3NO4. The predicted octanol–water partition coefficient (Wildman–Crippen LogP) is 4.88. The van der Waals surface area contributed by atoms with E-state index in [4.69, 9.17) is 9.47 Å². The van der Waals surface area contributed by atoms with Gasteiger partial charge in [0.05, 0.1) is 17.0 Å². The van der Waals surface area contributed by atoms with Crippen LogP contribution in [0.5, 0.6) is 5.75 Å². The zero-order valence-corrected chi connectivity index (χ0v) is 19.2. The number of carbonyl (C=O) groups excluding carboxylic acids is 2. The number of aldehydes is 1. The Morgan fingerprint density at radius 3 is 2.67 bits per heavy atom. The Hall–Kier alpha value is -2.09. The van der Waals surface area contributed by atoms with Crippen molar-refractivity contribution in [2.24, 2.45) is 17.3 Å². The summed E-state index contributed by atoms with van der Waals surface area (Å²) < 4.78 is 54.7. The van der Waals surface area contributed by atoms with Crippen LogP contribution in [0.15, 0.2) is 12.1 Å². The summed E-state index contributed by atoms with van der Waals surface area (Å²) in [6.07, 6.45) is 5.43. The Morgan fingerprint density at radius 2 is 2.03 bits per heavy atom. The van der Waals surface area contributed by atoms with Crippen molar-refractivity contribution in [2.75, 3.05) is 20.3 Å². The Kier molecular flexibility index (Phi) is 6.76. The number of amides is 1. The van der Waals surface area contributed by atoms with E-state index in [1.165, 1.54) is 6.07 Å². The number of ether oxygens (including phenoxy) is 2. The average molecular weight is 468 g/mol. The van der Waals surface area contributed by atoms with Gasteiger partial charge in [0.2, 0.25) is 0 Å². The number of hydrogen-bond acceptors (Lipinski definition) is 4. The molecule has 4 rings (SSSR count). The van der Waals surface area contributed by atoms with Crippen molar-refractivity contribution < 1.29 is 32.2 Å². The third-order valence-corrected chi connectivity index (χ3v) is 7.73. The molecule has 1 aromatic carbocycles. The predicted molar refractivity (Wildman–Crippen MR) is 116 cm³/mol. The molecule has 4 atom stereocenters. The SMILES string of the molecule is COCCC(C)C(C=O)NC(=O)c1cc(C2CC2)c(OCC23CCCCC2C3(F)F)cc1F. The molecule has 3 aliphatic rings. The van der Waals surface area contributed by atoms with Crippen molar-refractivity contribution in [2.45, 2.75) is 69.8 Å². The van der Waals surface area contributed by atoms with Crippen molar-refractivity contribution in [1.29, 1.82) is 0 Å². The van der Waals surface area contributed by atoms with Gasteiger partial charge in [0, 0.05) is 25.7 Å². The van der Waals surface area contributed by atoms with Crippen molar-refractivity contribution in [3.05, 3.63) is 29.1 Å². The van der Waals surface area contributed by atoms with Gasteiger partial charge in [0.1, 0.15) is 24.5 Å². The first kappa shape index (κ1) is 24.0. The number of hydrogen-bond donors (Lipinski definition) is 1. The van der Waals surface area contributed by atoms with E-state index in [9.17, 15) is 22.8 Å². The molecule has 3 saturated carbocycles. The molecule has 0 heterocycles. The van der Waals surface area contributed by atoms with Gasteiger partial charge in [-0.1, -0.05) is 19.8 Å². The molecule has 1 amide bonds. The molecule has 5 nitrogen and oxygen atoms in total. The van der Waals surface area contributed by atoms with E-state index in [1.54, 1.807) is 7.11 Å². The fraction of sp³-hybridized carbons (Fsp3) is 0.680. The van der Waals surface area contributed by atoms with Crippen LogP contribution in [0.3, 0.4) is 0 Å². The highest BCUT2D eigenvalue weighted by Crippen LogP contribution is 2.72. The molecule has 0 bridgehead atoms. The zero-order valence-electron chi connectivity index (χ0n) is 19.2. The summed E-state index contributed by atoms with van der Waals surface area (Å²) in [5.41, 5.74) is -0.640. The Morgan fingerprint density at radius 1 is 1.27 bits per heavy atom. The summed E-state index contributed by atoms with van der Waals surface area (Å²) in [5.74, 6) is -4.67. The first-order chi connectivity index (χ1) is 15.7. The second kappa shape index (κ2) is 9.28. The monoisotopic (exact) mass is 467 g/mol. The quantitative estimate of drug-likeness (QED) is 0.472. The van der Waals surface area contributed by atoms with Crippen LogP contribution < -0.4 is 10.1 Å². The van der Waals surface area contributed by atoms with Gasteiger partial charge >= 0.3 is 0 Å². The van der Waals surface area contributed by atoms with E-state index in [0.717, 1.165) is 31.7 Å². The zero-order chi connectivity index (χ0) is 23.8. The molecule has 3 aliphatic carbocycles. The lowest BCUT2D eigenvalue weighted by Crippen LogP contribution is -2.41. The number of fused-ring (bicyclic) bond motifs is 1. The summed E-state index contributed by atoms with van der Waals surface area (Å²) in [6.45, 7) is 2.11. The van der Waals surface area contributed by atoms with E-state index in [0.29, 0.717) is 37.7 Å². The molecule has 0 aromatic heterocycles. The lowest BCUT2D eigenvalue weighted by atomic mass is 9.89. The van der Waals surface area contributed by atoms with Gasteiger partial charge in [0.25, 0.3) is 11.8 Å². The minimum absolute atomic E-state index is 0.119. The maximum absolute atomic E-state index is 14.9. The number of rotatable bonds is 11. The fourth-order valence-electron chi connectivity index (χ4n) is 5.26. The molecular weight excluding hydrogens is 435 g/mol. The van der Waals surface area contributed by atoms with Crippen LogP contribution in [0.25, 0.3) is 0 Å². The first-order valence-corrected chi connectivity index (χ1v) is 11.8. The van der Waals surface area contributed by atoms with E-state index in [2.05, 4.69) is 5.32 Å². The van der Waals surface area contributed by atoms with Gasteiger partial charge in [-0.3, -0.25) is 4.79 Å². The van der Waals surface area contributed by atoms with Crippen LogP contribution in [0.4, 0.5) is 13.2 Å². The molecule has 33 heavy (non-hydrogen) atoms. The van der Waals surface area contributed by atoms with E-state index < -0.39 is 35.0 Å². The molecule has 0 spiro atoms. The number of methoxy groups -OCH3 is 1. The molecule has 0 aliphatic heterocycles. The molecule has 4 unspecified atom stereocenters. The smallest absolute Gasteiger partial charge is 0.261 e. The van der Waals surface area contributed by atoms with Gasteiger partial charge < -0.3 is 19.6 Å². The highest BCUT2D eigenvalue weighted by Gasteiger charge is 2.80. The maximum Gasteiger partial charge on any atom is 0.261 e. The number of benzene rings is 1. The first-order valence-electron chi connectivity index (χ1n) is 11.8. The summed E-state index contributed by atoms with van der Waals surface area (Å²) in [4.78, 5) is 24.3. The van der Waals surface area contributed by atoms with Gasteiger partial charge in [-0.15, -0.1) is 0 Å². The highest BCUT2D eigenvalue weighted by atomic mass is 19.3. The van der Waals surface area contributed by atoms with Crippen LogP contribution in [0.1, 0.15) is 73.7 Å². The molecule has 1 aromatic rings. The van der Waals surface area contributed by atoms with E-state index in [-0.39, 0.29) is 29.8 Å². The third kappa shape index (κ3) is 4.51. The Balaban J connectivity index is 1.49. The lowest BCUT2D eigenvalue weighted by Gasteiger charge is -2.23. The second-order valence-corrected chi connectivity index (χ2v) is 9.90. The minimum Gasteiger partial charge on any atom is -0.492 e. The van der Waals surface area contributed by atoms with Crippen LogP contribution in [-0.2, 0) is 9.53 Å². The Labute approximate surface area is 192 Å². The average Bonchev–Trinajstić information content (AvgIpc) is 3.71. The van der Waals surface area contributed by atoms with Crippen molar-refractivity contribution in [1.82, 2.24) is 5.32 Å². The van der Waals surface area contributed by atoms with Gasteiger partial charge in [-0.2, -0.15) is 0 Å². The number of nitrogens with one attached hydrogen (secondary N) is 1. The third-order valence-electron chi connectivity index (χ3n) is 7.73. The van der Waals surface area contributed by atoms with Gasteiger partial charge in [-0.25, -0.2) is 13.2 Å². The van der Waals surface area contributed by atoms with Crippen LogP contribution >= 0.6 is 0 Å². The topological polar surface area (TPSA) is 64.6 Å². The molecule has 0 saturated heterocycles. The largest absolute Gasteiger partial charge is 0.492 e. The minimum atomic E-state index is -2.73. The standard InChI is InChI=1S/C25H32F3NO4/c1-15(8-10-32-2)20(13-30)29-23(31)18-11-17(16-6-7-16)21(12-19(18)26)33-14-24-9-4-3-5-22(24)25(24,27)28/h11-13,15-16,20,22H,3-10,14H2,1-2H3,(H,29,31). The molecule has 0 radical (unpaired) electrons. The normalized spacial score (nSPS) is 27.2. The van der Waals surface area contributed by atoms with Crippen molar-refractivity contribution >= 4 is 12.2 Å².